The zero-order valence-corrected chi connectivity index (χ0v) is 14.3. The number of aryl methyl sites for hydroxylation is 2. The number of thiocarbonyl (C=S) groups is 1. The third-order valence-electron chi connectivity index (χ3n) is 3.98. The number of hydrogen-bond acceptors (Lipinski definition) is 3. The number of carbonyl (C=O) groups excluding carboxylic acids is 2. The topological polar surface area (TPSA) is 54.3 Å². The summed E-state index contributed by atoms with van der Waals surface area (Å²) in [6.07, 6.45) is 4.34. The van der Waals surface area contributed by atoms with E-state index in [1.807, 2.05) is 54.2 Å². The van der Waals surface area contributed by atoms with Crippen LogP contribution in [0, 0.1) is 0 Å². The van der Waals surface area contributed by atoms with E-state index in [4.69, 9.17) is 12.2 Å². The summed E-state index contributed by atoms with van der Waals surface area (Å²) in [4.78, 5) is 26.4. The summed E-state index contributed by atoms with van der Waals surface area (Å²) in [7, 11) is 1.85. The summed E-state index contributed by atoms with van der Waals surface area (Å²) in [5.74, 6) is -0.901. The molecule has 6 heteroatoms. The van der Waals surface area contributed by atoms with Gasteiger partial charge in [0.2, 0.25) is 0 Å². The van der Waals surface area contributed by atoms with Crippen LogP contribution in [0.3, 0.4) is 0 Å². The van der Waals surface area contributed by atoms with Gasteiger partial charge in [-0.05, 0) is 54.5 Å². The molecule has 24 heavy (non-hydrogen) atoms. The Kier molecular flexibility index (Phi) is 4.31. The Hall–Kier alpha value is -2.73. The highest BCUT2D eigenvalue weighted by Gasteiger charge is 2.34. The molecule has 1 aromatic heterocycles. The maximum atomic E-state index is 12.8. The molecule has 1 fully saturated rings. The van der Waals surface area contributed by atoms with E-state index in [2.05, 4.69) is 12.2 Å². The first kappa shape index (κ1) is 16.1. The monoisotopic (exact) mass is 339 g/mol. The van der Waals surface area contributed by atoms with E-state index in [-0.39, 0.29) is 10.7 Å². The van der Waals surface area contributed by atoms with Crippen LogP contribution in [0.5, 0.6) is 0 Å². The number of anilines is 1. The van der Waals surface area contributed by atoms with Crippen LogP contribution in [0.15, 0.2) is 48.2 Å². The van der Waals surface area contributed by atoms with Gasteiger partial charge >= 0.3 is 0 Å². The molecule has 3 rings (SSSR count). The first-order valence-electron chi connectivity index (χ1n) is 7.63. The molecule has 122 valence electrons. The molecule has 0 aliphatic carbocycles. The molecule has 1 aliphatic rings. The van der Waals surface area contributed by atoms with Crippen LogP contribution in [0.1, 0.15) is 18.2 Å². The Balaban J connectivity index is 1.99. The van der Waals surface area contributed by atoms with Gasteiger partial charge in [-0.1, -0.05) is 19.1 Å². The van der Waals surface area contributed by atoms with Crippen molar-refractivity contribution < 1.29 is 9.59 Å². The van der Waals surface area contributed by atoms with Crippen molar-refractivity contribution in [1.82, 2.24) is 9.88 Å². The zero-order chi connectivity index (χ0) is 17.3. The van der Waals surface area contributed by atoms with Gasteiger partial charge in [0.25, 0.3) is 11.8 Å². The molecular weight excluding hydrogens is 322 g/mol. The summed E-state index contributed by atoms with van der Waals surface area (Å²) >= 11 is 5.19. The molecule has 0 radical (unpaired) electrons. The maximum Gasteiger partial charge on any atom is 0.270 e. The van der Waals surface area contributed by atoms with Crippen LogP contribution in [-0.2, 0) is 23.1 Å². The van der Waals surface area contributed by atoms with Crippen LogP contribution >= 0.6 is 12.2 Å². The van der Waals surface area contributed by atoms with Crippen molar-refractivity contribution >= 4 is 40.9 Å². The Labute approximate surface area is 145 Å². The number of nitrogens with zero attached hydrogens (tertiary/aromatic N) is 2. The second-order valence-electron chi connectivity index (χ2n) is 5.52. The summed E-state index contributed by atoms with van der Waals surface area (Å²) in [5, 5.41) is 2.68. The summed E-state index contributed by atoms with van der Waals surface area (Å²) < 4.78 is 1.83. The average molecular weight is 339 g/mol. The lowest BCUT2D eigenvalue weighted by atomic mass is 10.1. The van der Waals surface area contributed by atoms with Crippen LogP contribution in [0.4, 0.5) is 5.69 Å². The van der Waals surface area contributed by atoms with E-state index >= 15 is 0 Å². The zero-order valence-electron chi connectivity index (χ0n) is 13.4. The van der Waals surface area contributed by atoms with Crippen molar-refractivity contribution in [3.8, 4) is 0 Å². The number of hydrogen-bond donors (Lipinski definition) is 1. The third-order valence-corrected chi connectivity index (χ3v) is 4.27. The van der Waals surface area contributed by atoms with Gasteiger partial charge in [-0.25, -0.2) is 0 Å². The van der Waals surface area contributed by atoms with Crippen molar-refractivity contribution in [1.29, 1.82) is 0 Å². The molecule has 5 nitrogen and oxygen atoms in total. The standard InChI is InChI=1S/C18H17N3O2S/c1-3-12-6-8-13(9-7-12)21-17(23)15(16(22)19-18(21)24)11-14-5-4-10-20(14)2/h4-11H,3H2,1-2H3,(H,19,22,24)/b15-11+. The minimum atomic E-state index is -0.479. The Morgan fingerprint density at radius 2 is 1.88 bits per heavy atom. The van der Waals surface area contributed by atoms with Crippen LogP contribution in [0.2, 0.25) is 0 Å². The largest absolute Gasteiger partial charge is 0.351 e. The van der Waals surface area contributed by atoms with E-state index in [1.54, 1.807) is 6.08 Å². The van der Waals surface area contributed by atoms with Crippen molar-refractivity contribution in [2.24, 2.45) is 7.05 Å². The lowest BCUT2D eigenvalue weighted by Crippen LogP contribution is -2.54. The van der Waals surface area contributed by atoms with Gasteiger partial charge < -0.3 is 4.57 Å². The predicted octanol–water partition coefficient (Wildman–Crippen LogP) is 2.42. The Morgan fingerprint density at radius 3 is 2.46 bits per heavy atom. The number of benzene rings is 1. The third kappa shape index (κ3) is 2.88. The average Bonchev–Trinajstić information content (AvgIpc) is 2.97. The van der Waals surface area contributed by atoms with E-state index in [0.717, 1.165) is 17.7 Å². The molecule has 0 spiro atoms. The fourth-order valence-corrected chi connectivity index (χ4v) is 2.83. The first-order valence-corrected chi connectivity index (χ1v) is 8.04. The molecular formula is C18H17N3O2S. The van der Waals surface area contributed by atoms with Crippen LogP contribution in [0.25, 0.3) is 6.08 Å². The van der Waals surface area contributed by atoms with Crippen LogP contribution < -0.4 is 10.2 Å². The minimum Gasteiger partial charge on any atom is -0.351 e. The number of carbonyl (C=O) groups is 2. The van der Waals surface area contributed by atoms with Gasteiger partial charge in [0, 0.05) is 18.9 Å². The summed E-state index contributed by atoms with van der Waals surface area (Å²) in [6.45, 7) is 2.06. The highest BCUT2D eigenvalue weighted by Crippen LogP contribution is 2.22. The van der Waals surface area contributed by atoms with E-state index in [9.17, 15) is 9.59 Å². The summed E-state index contributed by atoms with van der Waals surface area (Å²) in [6, 6.07) is 11.2. The predicted molar refractivity (Wildman–Crippen MR) is 97.4 cm³/mol. The molecule has 1 aromatic carbocycles. The normalized spacial score (nSPS) is 16.7. The van der Waals surface area contributed by atoms with Crippen molar-refractivity contribution in [2.75, 3.05) is 4.90 Å². The minimum absolute atomic E-state index is 0.0602. The van der Waals surface area contributed by atoms with Gasteiger partial charge in [-0.3, -0.25) is 19.8 Å². The van der Waals surface area contributed by atoms with Gasteiger partial charge in [0.15, 0.2) is 5.11 Å². The molecule has 0 unspecified atom stereocenters. The van der Waals surface area contributed by atoms with E-state index in [1.165, 1.54) is 4.90 Å². The Bertz CT molecular complexity index is 849. The fourth-order valence-electron chi connectivity index (χ4n) is 2.54. The smallest absolute Gasteiger partial charge is 0.270 e. The van der Waals surface area contributed by atoms with Gasteiger partial charge in [-0.2, -0.15) is 0 Å². The van der Waals surface area contributed by atoms with E-state index in [0.29, 0.717) is 5.69 Å². The number of aromatic nitrogens is 1. The van der Waals surface area contributed by atoms with Gasteiger partial charge in [0.05, 0.1) is 5.69 Å². The quantitative estimate of drug-likeness (QED) is 0.531. The fraction of sp³-hybridized carbons (Fsp3) is 0.167. The highest BCUT2D eigenvalue weighted by atomic mass is 32.1. The lowest BCUT2D eigenvalue weighted by Gasteiger charge is -2.29. The molecule has 2 aromatic rings. The van der Waals surface area contributed by atoms with E-state index < -0.39 is 11.8 Å². The Morgan fingerprint density at radius 1 is 1.17 bits per heavy atom. The molecule has 2 heterocycles. The van der Waals surface area contributed by atoms with Gasteiger partial charge in [-0.15, -0.1) is 0 Å². The maximum absolute atomic E-state index is 12.8. The highest BCUT2D eigenvalue weighted by molar-refractivity contribution is 7.80. The number of rotatable bonds is 3. The number of nitrogens with one attached hydrogen (secondary N) is 1. The van der Waals surface area contributed by atoms with Gasteiger partial charge in [0.1, 0.15) is 5.57 Å². The molecule has 0 atom stereocenters. The van der Waals surface area contributed by atoms with Crippen molar-refractivity contribution in [2.45, 2.75) is 13.3 Å². The second kappa shape index (κ2) is 6.41. The first-order chi connectivity index (χ1) is 11.5. The molecule has 0 bridgehead atoms. The molecule has 0 saturated carbocycles. The summed E-state index contributed by atoms with van der Waals surface area (Å²) in [5.41, 5.74) is 2.63. The lowest BCUT2D eigenvalue weighted by molar-refractivity contribution is -0.122. The van der Waals surface area contributed by atoms with Crippen molar-refractivity contribution in [3.63, 3.8) is 0 Å². The van der Waals surface area contributed by atoms with Crippen LogP contribution in [-0.4, -0.2) is 21.5 Å². The van der Waals surface area contributed by atoms with Crippen molar-refractivity contribution in [3.05, 3.63) is 59.4 Å². The second-order valence-corrected chi connectivity index (χ2v) is 5.91. The SMILES string of the molecule is CCc1ccc(N2C(=O)/C(=C/c3cccn3C)C(=O)NC2=S)cc1. The number of amides is 2. The molecule has 2 amide bonds. The molecule has 1 N–H and O–H groups in total. The molecule has 1 aliphatic heterocycles. The molecule has 1 saturated heterocycles.